The Labute approximate surface area is 134 Å². The Balaban J connectivity index is 2.64. The monoisotopic (exact) mass is 328 g/mol. The summed E-state index contributed by atoms with van der Waals surface area (Å²) in [6, 6.07) is -0.658. The van der Waals surface area contributed by atoms with Gasteiger partial charge >= 0.3 is 6.09 Å². The van der Waals surface area contributed by atoms with Crippen molar-refractivity contribution in [3.8, 4) is 0 Å². The Bertz CT molecular complexity index is 510. The highest BCUT2D eigenvalue weighted by Gasteiger charge is 2.24. The first-order valence-corrected chi connectivity index (χ1v) is 8.19. The third kappa shape index (κ3) is 6.38. The van der Waals surface area contributed by atoms with E-state index in [0.29, 0.717) is 11.6 Å². The van der Waals surface area contributed by atoms with Gasteiger partial charge in [-0.15, -0.1) is 10.2 Å². The second-order valence-electron chi connectivity index (χ2n) is 5.83. The standard InChI is InChI=1S/C14H24N4O3S/c1-6-8-9(15-13(20)21-14(3,4)5)11(19)16-12-18-17-10(7-2)22-12/h9H,6-8H2,1-5H3,(H,15,20)(H,16,18,19). The van der Waals surface area contributed by atoms with E-state index in [1.807, 2.05) is 13.8 Å². The molecule has 0 aromatic carbocycles. The molecule has 7 nitrogen and oxygen atoms in total. The lowest BCUT2D eigenvalue weighted by atomic mass is 10.1. The molecule has 0 aliphatic heterocycles. The van der Waals surface area contributed by atoms with Gasteiger partial charge in [-0.2, -0.15) is 0 Å². The number of carbonyl (C=O) groups is 2. The van der Waals surface area contributed by atoms with Gasteiger partial charge in [0.1, 0.15) is 16.7 Å². The fourth-order valence-electron chi connectivity index (χ4n) is 1.65. The minimum absolute atomic E-state index is 0.313. The van der Waals surface area contributed by atoms with Crippen LogP contribution in [0.5, 0.6) is 0 Å². The van der Waals surface area contributed by atoms with Gasteiger partial charge in [-0.25, -0.2) is 4.79 Å². The number of hydrogen-bond acceptors (Lipinski definition) is 6. The molecule has 1 aromatic heterocycles. The maximum Gasteiger partial charge on any atom is 0.408 e. The molecule has 1 rings (SSSR count). The van der Waals surface area contributed by atoms with Gasteiger partial charge in [0.25, 0.3) is 0 Å². The van der Waals surface area contributed by atoms with Crippen molar-refractivity contribution in [3.63, 3.8) is 0 Å². The molecule has 2 amide bonds. The zero-order chi connectivity index (χ0) is 16.8. The number of nitrogens with one attached hydrogen (secondary N) is 2. The normalized spacial score (nSPS) is 12.6. The van der Waals surface area contributed by atoms with Crippen molar-refractivity contribution in [2.24, 2.45) is 0 Å². The second-order valence-corrected chi connectivity index (χ2v) is 6.89. The highest BCUT2D eigenvalue weighted by Crippen LogP contribution is 2.16. The van der Waals surface area contributed by atoms with Crippen molar-refractivity contribution in [2.45, 2.75) is 65.5 Å². The van der Waals surface area contributed by atoms with Crippen LogP contribution in [0.1, 0.15) is 52.5 Å². The summed E-state index contributed by atoms with van der Waals surface area (Å²) in [7, 11) is 0. The SMILES string of the molecule is CCCC(NC(=O)OC(C)(C)C)C(=O)Nc1nnc(CC)s1. The van der Waals surface area contributed by atoms with Crippen LogP contribution in [0.25, 0.3) is 0 Å². The van der Waals surface area contributed by atoms with Crippen LogP contribution in [0.3, 0.4) is 0 Å². The van der Waals surface area contributed by atoms with E-state index in [-0.39, 0.29) is 5.91 Å². The van der Waals surface area contributed by atoms with Gasteiger partial charge in [0.05, 0.1) is 0 Å². The fourth-order valence-corrected chi connectivity index (χ4v) is 2.33. The molecule has 124 valence electrons. The molecule has 1 aromatic rings. The largest absolute Gasteiger partial charge is 0.444 e. The van der Waals surface area contributed by atoms with Crippen LogP contribution in [-0.4, -0.2) is 33.8 Å². The summed E-state index contributed by atoms with van der Waals surface area (Å²) in [5, 5.41) is 14.4. The Hall–Kier alpha value is -1.70. The molecule has 1 unspecified atom stereocenters. The summed E-state index contributed by atoms with van der Waals surface area (Å²) in [5.74, 6) is -0.313. The van der Waals surface area contributed by atoms with Crippen LogP contribution in [0.4, 0.5) is 9.93 Å². The lowest BCUT2D eigenvalue weighted by Gasteiger charge is -2.22. The minimum Gasteiger partial charge on any atom is -0.444 e. The molecular formula is C14H24N4O3S. The maximum absolute atomic E-state index is 12.3. The number of ether oxygens (including phenoxy) is 1. The average Bonchev–Trinajstić information content (AvgIpc) is 2.83. The topological polar surface area (TPSA) is 93.2 Å². The first kappa shape index (κ1) is 18.3. The molecule has 22 heavy (non-hydrogen) atoms. The lowest BCUT2D eigenvalue weighted by molar-refractivity contribution is -0.118. The van der Waals surface area contributed by atoms with Crippen molar-refractivity contribution in [1.29, 1.82) is 0 Å². The Morgan fingerprint density at radius 2 is 1.95 bits per heavy atom. The molecule has 1 heterocycles. The second kappa shape index (κ2) is 8.07. The van der Waals surface area contributed by atoms with Crippen molar-refractivity contribution in [2.75, 3.05) is 5.32 Å². The molecule has 1 atom stereocenters. The minimum atomic E-state index is -0.658. The molecule has 0 aliphatic carbocycles. The van der Waals surface area contributed by atoms with Gasteiger partial charge in [-0.3, -0.25) is 10.1 Å². The van der Waals surface area contributed by atoms with E-state index in [1.165, 1.54) is 11.3 Å². The number of aryl methyl sites for hydroxylation is 1. The van der Waals surface area contributed by atoms with Gasteiger partial charge in [-0.05, 0) is 33.6 Å². The van der Waals surface area contributed by atoms with E-state index in [1.54, 1.807) is 20.8 Å². The molecule has 0 bridgehead atoms. The quantitative estimate of drug-likeness (QED) is 0.837. The average molecular weight is 328 g/mol. The molecule has 0 fully saturated rings. The van der Waals surface area contributed by atoms with Crippen LogP contribution in [0.2, 0.25) is 0 Å². The van der Waals surface area contributed by atoms with Crippen molar-refractivity contribution >= 4 is 28.5 Å². The van der Waals surface area contributed by atoms with E-state index in [9.17, 15) is 9.59 Å². The predicted octanol–water partition coefficient (Wildman–Crippen LogP) is 2.73. The third-order valence-corrected chi connectivity index (χ3v) is 3.57. The van der Waals surface area contributed by atoms with E-state index in [4.69, 9.17) is 4.74 Å². The molecule has 2 N–H and O–H groups in total. The third-order valence-electron chi connectivity index (χ3n) is 2.58. The summed E-state index contributed by atoms with van der Waals surface area (Å²) < 4.78 is 5.18. The van der Waals surface area contributed by atoms with Crippen molar-refractivity contribution < 1.29 is 14.3 Å². The van der Waals surface area contributed by atoms with Crippen molar-refractivity contribution in [1.82, 2.24) is 15.5 Å². The van der Waals surface area contributed by atoms with E-state index >= 15 is 0 Å². The predicted molar refractivity (Wildman–Crippen MR) is 86.0 cm³/mol. The molecule has 0 saturated carbocycles. The number of anilines is 1. The van der Waals surface area contributed by atoms with Crippen LogP contribution >= 0.6 is 11.3 Å². The Morgan fingerprint density at radius 3 is 2.45 bits per heavy atom. The van der Waals surface area contributed by atoms with E-state index < -0.39 is 17.7 Å². The zero-order valence-corrected chi connectivity index (χ0v) is 14.5. The number of amides is 2. The van der Waals surface area contributed by atoms with Gasteiger partial charge in [0.15, 0.2) is 0 Å². The summed E-state index contributed by atoms with van der Waals surface area (Å²) in [6.07, 6.45) is 1.43. The van der Waals surface area contributed by atoms with E-state index in [0.717, 1.165) is 17.8 Å². The first-order chi connectivity index (χ1) is 10.2. The number of nitrogens with zero attached hydrogens (tertiary/aromatic N) is 2. The highest BCUT2D eigenvalue weighted by molar-refractivity contribution is 7.15. The van der Waals surface area contributed by atoms with Crippen LogP contribution < -0.4 is 10.6 Å². The molecule has 0 aliphatic rings. The zero-order valence-electron chi connectivity index (χ0n) is 13.7. The van der Waals surface area contributed by atoms with Crippen LogP contribution in [-0.2, 0) is 16.0 Å². The summed E-state index contributed by atoms with van der Waals surface area (Å²) in [4.78, 5) is 24.1. The van der Waals surface area contributed by atoms with Gasteiger partial charge in [0, 0.05) is 0 Å². The lowest BCUT2D eigenvalue weighted by Crippen LogP contribution is -2.45. The number of hydrogen-bond donors (Lipinski definition) is 2. The molecular weight excluding hydrogens is 304 g/mol. The molecule has 0 saturated heterocycles. The summed E-state index contributed by atoms with van der Waals surface area (Å²) in [5.41, 5.74) is -0.605. The molecule has 0 spiro atoms. The fraction of sp³-hybridized carbons (Fsp3) is 0.714. The smallest absolute Gasteiger partial charge is 0.408 e. The maximum atomic E-state index is 12.3. The molecule has 8 heteroatoms. The number of aromatic nitrogens is 2. The molecule has 0 radical (unpaired) electrons. The Kier molecular flexibility index (Phi) is 6.73. The Morgan fingerprint density at radius 1 is 1.27 bits per heavy atom. The first-order valence-electron chi connectivity index (χ1n) is 7.38. The van der Waals surface area contributed by atoms with Gasteiger partial charge in [-0.1, -0.05) is 31.6 Å². The van der Waals surface area contributed by atoms with Crippen molar-refractivity contribution in [3.05, 3.63) is 5.01 Å². The highest BCUT2D eigenvalue weighted by atomic mass is 32.1. The summed E-state index contributed by atoms with van der Waals surface area (Å²) in [6.45, 7) is 9.23. The number of alkyl carbamates (subject to hydrolysis) is 1. The van der Waals surface area contributed by atoms with E-state index in [2.05, 4.69) is 20.8 Å². The van der Waals surface area contributed by atoms with Crippen LogP contribution in [0, 0.1) is 0 Å². The number of carbonyl (C=O) groups excluding carboxylic acids is 2. The van der Waals surface area contributed by atoms with Gasteiger partial charge in [0.2, 0.25) is 11.0 Å². The number of rotatable bonds is 6. The summed E-state index contributed by atoms with van der Waals surface area (Å²) >= 11 is 1.33. The van der Waals surface area contributed by atoms with Crippen LogP contribution in [0.15, 0.2) is 0 Å². The van der Waals surface area contributed by atoms with Gasteiger partial charge < -0.3 is 10.1 Å².